The van der Waals surface area contributed by atoms with Crippen LogP contribution in [0.5, 0.6) is 0 Å². The Bertz CT molecular complexity index is 316. The molecule has 0 bridgehead atoms. The van der Waals surface area contributed by atoms with Crippen molar-refractivity contribution in [2.75, 3.05) is 14.2 Å². The van der Waals surface area contributed by atoms with Crippen LogP contribution in [0.1, 0.15) is 41.5 Å². The summed E-state index contributed by atoms with van der Waals surface area (Å²) in [5.74, 6) is 0. The summed E-state index contributed by atoms with van der Waals surface area (Å²) >= 11 is 0. The number of hydrogen-bond acceptors (Lipinski definition) is 4. The van der Waals surface area contributed by atoms with Gasteiger partial charge in [-0.25, -0.2) is 8.42 Å². The molecule has 0 fully saturated rings. The highest BCUT2D eigenvalue weighted by Gasteiger charge is 2.51. The fourth-order valence-corrected chi connectivity index (χ4v) is 4.10. The van der Waals surface area contributed by atoms with Crippen LogP contribution in [0.15, 0.2) is 0 Å². The van der Waals surface area contributed by atoms with Crippen molar-refractivity contribution in [3.8, 4) is 0 Å². The van der Waals surface area contributed by atoms with Crippen molar-refractivity contribution in [1.82, 2.24) is 0 Å². The minimum absolute atomic E-state index is 0.379. The third-order valence-corrected chi connectivity index (χ3v) is 7.48. The van der Waals surface area contributed by atoms with Crippen LogP contribution in [0.4, 0.5) is 0 Å². The Morgan fingerprint density at radius 2 is 1.06 bits per heavy atom. The van der Waals surface area contributed by atoms with Crippen molar-refractivity contribution in [1.29, 1.82) is 0 Å². The average Bonchev–Trinajstić information content (AvgIpc) is 2.25. The lowest BCUT2D eigenvalue weighted by atomic mass is 10.1. The first-order chi connectivity index (χ1) is 7.46. The summed E-state index contributed by atoms with van der Waals surface area (Å²) in [4.78, 5) is 0. The van der Waals surface area contributed by atoms with E-state index in [1.807, 2.05) is 0 Å². The summed E-state index contributed by atoms with van der Waals surface area (Å²) in [5.41, 5.74) is 0. The molecule has 17 heavy (non-hydrogen) atoms. The Balaban J connectivity index is 5.56. The lowest BCUT2D eigenvalue weighted by Gasteiger charge is -2.40. The Morgan fingerprint density at radius 1 is 0.824 bits per heavy atom. The maximum Gasteiger partial charge on any atom is 0.165 e. The van der Waals surface area contributed by atoms with Crippen molar-refractivity contribution < 1.29 is 17.9 Å². The third kappa shape index (κ3) is 2.66. The van der Waals surface area contributed by atoms with Crippen molar-refractivity contribution in [2.45, 2.75) is 63.2 Å². The summed E-state index contributed by atoms with van der Waals surface area (Å²) in [5, 5.41) is 0. The van der Waals surface area contributed by atoms with Gasteiger partial charge in [0.25, 0.3) is 0 Å². The molecule has 0 aliphatic carbocycles. The van der Waals surface area contributed by atoms with Crippen LogP contribution in [0.25, 0.3) is 0 Å². The molecule has 0 rings (SSSR count). The van der Waals surface area contributed by atoms with Gasteiger partial charge in [0.05, 0.1) is 21.7 Å². The Labute approximate surface area is 106 Å². The van der Waals surface area contributed by atoms with E-state index in [0.717, 1.165) is 0 Å². The molecule has 0 aliphatic rings. The molecule has 0 aliphatic heterocycles. The van der Waals surface area contributed by atoms with Crippen molar-refractivity contribution in [2.24, 2.45) is 0 Å². The monoisotopic (exact) mass is 266 g/mol. The Morgan fingerprint density at radius 3 is 1.24 bits per heavy atom. The first-order valence-corrected chi connectivity index (χ1v) is 7.24. The van der Waals surface area contributed by atoms with Gasteiger partial charge >= 0.3 is 0 Å². The molecule has 0 spiro atoms. The molecule has 2 unspecified atom stereocenters. The number of methoxy groups -OCH3 is 2. The summed E-state index contributed by atoms with van der Waals surface area (Å²) < 4.78 is 33.9. The van der Waals surface area contributed by atoms with E-state index in [1.165, 1.54) is 14.2 Å². The Kier molecular flexibility index (Phi) is 5.20. The number of sulfone groups is 1. The van der Waals surface area contributed by atoms with E-state index in [2.05, 4.69) is 0 Å². The smallest absolute Gasteiger partial charge is 0.165 e. The van der Waals surface area contributed by atoms with Crippen molar-refractivity contribution in [3.63, 3.8) is 0 Å². The molecule has 4 nitrogen and oxygen atoms in total. The highest BCUT2D eigenvalue weighted by molar-refractivity contribution is 7.94. The van der Waals surface area contributed by atoms with Crippen LogP contribution >= 0.6 is 0 Å². The van der Waals surface area contributed by atoms with E-state index in [-0.39, 0.29) is 12.2 Å². The van der Waals surface area contributed by atoms with Gasteiger partial charge in [0.1, 0.15) is 0 Å². The second-order valence-electron chi connectivity index (χ2n) is 5.47. The molecule has 0 amide bonds. The molecule has 2 atom stereocenters. The molecule has 0 radical (unpaired) electrons. The van der Waals surface area contributed by atoms with Crippen LogP contribution < -0.4 is 0 Å². The maximum absolute atomic E-state index is 12.7. The third-order valence-electron chi connectivity index (χ3n) is 4.05. The predicted molar refractivity (Wildman–Crippen MR) is 70.0 cm³/mol. The minimum Gasteiger partial charge on any atom is -0.380 e. The molecule has 0 heterocycles. The SMILES string of the molecule is COC(C)C(C)(C)S(=O)(=O)C(C)(C)C(C)OC. The predicted octanol–water partition coefficient (Wildman–Crippen LogP) is 2.03. The summed E-state index contributed by atoms with van der Waals surface area (Å²) in [6.07, 6.45) is -0.758. The van der Waals surface area contributed by atoms with Gasteiger partial charge in [-0.1, -0.05) is 0 Å². The van der Waals surface area contributed by atoms with E-state index in [4.69, 9.17) is 9.47 Å². The lowest BCUT2D eigenvalue weighted by Crippen LogP contribution is -2.56. The quantitative estimate of drug-likeness (QED) is 0.738. The highest BCUT2D eigenvalue weighted by atomic mass is 32.2. The molecule has 0 aromatic heterocycles. The van der Waals surface area contributed by atoms with Gasteiger partial charge in [-0.05, 0) is 41.5 Å². The standard InChI is InChI=1S/C12H26O4S/c1-9(15-7)11(3,4)17(13,14)12(5,6)10(2)16-8/h9-10H,1-8H3. The van der Waals surface area contributed by atoms with E-state index < -0.39 is 19.3 Å². The largest absolute Gasteiger partial charge is 0.380 e. The maximum atomic E-state index is 12.7. The van der Waals surface area contributed by atoms with Gasteiger partial charge in [0, 0.05) is 14.2 Å². The van der Waals surface area contributed by atoms with E-state index in [9.17, 15) is 8.42 Å². The molecule has 0 N–H and O–H groups in total. The molecular formula is C12H26O4S. The first-order valence-electron chi connectivity index (χ1n) is 5.76. The average molecular weight is 266 g/mol. The van der Waals surface area contributed by atoms with Crippen LogP contribution in [0, 0.1) is 0 Å². The van der Waals surface area contributed by atoms with Gasteiger partial charge in [-0.3, -0.25) is 0 Å². The number of hydrogen-bond donors (Lipinski definition) is 0. The van der Waals surface area contributed by atoms with Crippen molar-refractivity contribution in [3.05, 3.63) is 0 Å². The number of ether oxygens (including phenoxy) is 2. The minimum atomic E-state index is -3.41. The summed E-state index contributed by atoms with van der Waals surface area (Å²) in [7, 11) is -0.366. The second kappa shape index (κ2) is 5.24. The van der Waals surface area contributed by atoms with Gasteiger partial charge < -0.3 is 9.47 Å². The zero-order valence-corrected chi connectivity index (χ0v) is 13.0. The first kappa shape index (κ1) is 16.9. The molecule has 0 aromatic carbocycles. The van der Waals surface area contributed by atoms with Gasteiger partial charge in [-0.15, -0.1) is 0 Å². The summed E-state index contributed by atoms with van der Waals surface area (Å²) in [6.45, 7) is 10.3. The zero-order chi connectivity index (χ0) is 14.1. The van der Waals surface area contributed by atoms with Gasteiger partial charge in [-0.2, -0.15) is 0 Å². The highest BCUT2D eigenvalue weighted by Crippen LogP contribution is 2.35. The van der Waals surface area contributed by atoms with E-state index in [0.29, 0.717) is 0 Å². The second-order valence-corrected chi connectivity index (χ2v) is 8.58. The van der Waals surface area contributed by atoms with Crippen LogP contribution in [-0.2, 0) is 19.3 Å². The lowest BCUT2D eigenvalue weighted by molar-refractivity contribution is 0.0765. The molecule has 5 heteroatoms. The molecule has 104 valence electrons. The van der Waals surface area contributed by atoms with Crippen LogP contribution in [0.3, 0.4) is 0 Å². The van der Waals surface area contributed by atoms with Crippen molar-refractivity contribution >= 4 is 9.84 Å². The fourth-order valence-electron chi connectivity index (χ4n) is 1.68. The number of rotatable bonds is 6. The van der Waals surface area contributed by atoms with E-state index >= 15 is 0 Å². The van der Waals surface area contributed by atoms with Crippen LogP contribution in [0.2, 0.25) is 0 Å². The fraction of sp³-hybridized carbons (Fsp3) is 1.00. The molecule has 0 saturated carbocycles. The Hall–Kier alpha value is -0.130. The van der Waals surface area contributed by atoms with Gasteiger partial charge in [0.15, 0.2) is 9.84 Å². The van der Waals surface area contributed by atoms with Crippen LogP contribution in [-0.4, -0.2) is 44.3 Å². The topological polar surface area (TPSA) is 52.6 Å². The zero-order valence-electron chi connectivity index (χ0n) is 12.2. The molecule has 0 saturated heterocycles. The summed E-state index contributed by atoms with van der Waals surface area (Å²) in [6, 6.07) is 0. The van der Waals surface area contributed by atoms with E-state index in [1.54, 1.807) is 41.5 Å². The normalized spacial score (nSPS) is 17.9. The molecular weight excluding hydrogens is 240 g/mol. The molecule has 0 aromatic rings. The van der Waals surface area contributed by atoms with Gasteiger partial charge in [0.2, 0.25) is 0 Å².